The summed E-state index contributed by atoms with van der Waals surface area (Å²) in [5.74, 6) is -1.26. The van der Waals surface area contributed by atoms with E-state index in [2.05, 4.69) is 4.98 Å². The standard InChI is InChI=1S/C9H12N2O3/c1-9(10,8(13)14)7(12)6-3-2-4-11-5-6/h2-5,7,12H,10H2,1H3,(H,13,14). The Balaban J connectivity index is 2.96. The van der Waals surface area contributed by atoms with E-state index in [0.717, 1.165) is 0 Å². The summed E-state index contributed by atoms with van der Waals surface area (Å²) in [5.41, 5.74) is 4.14. The van der Waals surface area contributed by atoms with Crippen molar-refractivity contribution in [3.63, 3.8) is 0 Å². The van der Waals surface area contributed by atoms with Gasteiger partial charge in [-0.2, -0.15) is 0 Å². The molecule has 5 nitrogen and oxygen atoms in total. The van der Waals surface area contributed by atoms with Crippen LogP contribution in [-0.4, -0.2) is 26.7 Å². The van der Waals surface area contributed by atoms with Crippen LogP contribution in [-0.2, 0) is 4.79 Å². The predicted molar refractivity (Wildman–Crippen MR) is 49.4 cm³/mol. The summed E-state index contributed by atoms with van der Waals surface area (Å²) < 4.78 is 0. The van der Waals surface area contributed by atoms with Crippen LogP contribution in [0.3, 0.4) is 0 Å². The van der Waals surface area contributed by atoms with Crippen molar-refractivity contribution < 1.29 is 15.0 Å². The molecule has 0 aliphatic heterocycles. The van der Waals surface area contributed by atoms with Gasteiger partial charge < -0.3 is 15.9 Å². The molecule has 0 fully saturated rings. The number of aromatic nitrogens is 1. The molecule has 2 atom stereocenters. The number of carboxylic acids is 1. The molecule has 1 rings (SSSR count). The van der Waals surface area contributed by atoms with E-state index in [4.69, 9.17) is 10.8 Å². The Bertz CT molecular complexity index is 324. The number of pyridine rings is 1. The summed E-state index contributed by atoms with van der Waals surface area (Å²) in [6.45, 7) is 1.26. The smallest absolute Gasteiger partial charge is 0.326 e. The average Bonchev–Trinajstić information content (AvgIpc) is 2.17. The number of hydrogen-bond donors (Lipinski definition) is 3. The summed E-state index contributed by atoms with van der Waals surface area (Å²) in [7, 11) is 0. The lowest BCUT2D eigenvalue weighted by atomic mass is 9.91. The van der Waals surface area contributed by atoms with E-state index in [0.29, 0.717) is 5.56 Å². The summed E-state index contributed by atoms with van der Waals surface area (Å²) >= 11 is 0. The largest absolute Gasteiger partial charge is 0.480 e. The molecule has 0 radical (unpaired) electrons. The van der Waals surface area contributed by atoms with Crippen LogP contribution < -0.4 is 5.73 Å². The Labute approximate surface area is 81.2 Å². The van der Waals surface area contributed by atoms with Crippen LogP contribution in [0.25, 0.3) is 0 Å². The number of carbonyl (C=O) groups is 1. The molecule has 2 unspecified atom stereocenters. The van der Waals surface area contributed by atoms with Crippen LogP contribution in [0.5, 0.6) is 0 Å². The minimum atomic E-state index is -1.71. The van der Waals surface area contributed by atoms with Gasteiger partial charge in [0.15, 0.2) is 0 Å². The lowest BCUT2D eigenvalue weighted by molar-refractivity contribution is -0.147. The Kier molecular flexibility index (Phi) is 2.83. The van der Waals surface area contributed by atoms with Gasteiger partial charge in [0.05, 0.1) is 0 Å². The Morgan fingerprint density at radius 3 is 2.79 bits per heavy atom. The van der Waals surface area contributed by atoms with Crippen molar-refractivity contribution in [2.45, 2.75) is 18.6 Å². The first kappa shape index (κ1) is 10.6. The summed E-state index contributed by atoms with van der Waals surface area (Å²) in [6, 6.07) is 3.18. The summed E-state index contributed by atoms with van der Waals surface area (Å²) in [4.78, 5) is 14.5. The molecule has 0 aliphatic carbocycles. The molecule has 4 N–H and O–H groups in total. The lowest BCUT2D eigenvalue weighted by Crippen LogP contribution is -2.50. The number of rotatable bonds is 3. The number of hydrogen-bond acceptors (Lipinski definition) is 4. The second kappa shape index (κ2) is 3.73. The number of aliphatic carboxylic acids is 1. The fourth-order valence-electron chi connectivity index (χ4n) is 1.00. The van der Waals surface area contributed by atoms with Crippen molar-refractivity contribution in [1.82, 2.24) is 4.98 Å². The van der Waals surface area contributed by atoms with Crippen LogP contribution in [0, 0.1) is 0 Å². The second-order valence-corrected chi connectivity index (χ2v) is 3.28. The lowest BCUT2D eigenvalue weighted by Gasteiger charge is -2.25. The zero-order valence-corrected chi connectivity index (χ0v) is 7.71. The van der Waals surface area contributed by atoms with Gasteiger partial charge in [-0.25, -0.2) is 0 Å². The third-order valence-corrected chi connectivity index (χ3v) is 2.03. The highest BCUT2D eigenvalue weighted by molar-refractivity contribution is 5.79. The fourth-order valence-corrected chi connectivity index (χ4v) is 1.00. The molecular weight excluding hydrogens is 184 g/mol. The third kappa shape index (κ3) is 1.89. The predicted octanol–water partition coefficient (Wildman–Crippen LogP) is -0.0830. The highest BCUT2D eigenvalue weighted by atomic mass is 16.4. The van der Waals surface area contributed by atoms with Gasteiger partial charge in [-0.3, -0.25) is 9.78 Å². The maximum Gasteiger partial charge on any atom is 0.326 e. The first-order valence-electron chi connectivity index (χ1n) is 4.06. The molecule has 0 bridgehead atoms. The summed E-state index contributed by atoms with van der Waals surface area (Å²) in [6.07, 6.45) is 1.65. The molecule has 5 heteroatoms. The molecule has 0 spiro atoms. The molecule has 0 saturated heterocycles. The third-order valence-electron chi connectivity index (χ3n) is 2.03. The van der Waals surface area contributed by atoms with Crippen molar-refractivity contribution in [2.75, 3.05) is 0 Å². The molecule has 0 aromatic carbocycles. The van der Waals surface area contributed by atoms with Crippen molar-refractivity contribution in [1.29, 1.82) is 0 Å². The van der Waals surface area contributed by atoms with Crippen LogP contribution >= 0.6 is 0 Å². The average molecular weight is 196 g/mol. The summed E-state index contributed by atoms with van der Waals surface area (Å²) in [5, 5.41) is 18.4. The van der Waals surface area contributed by atoms with Crippen LogP contribution in [0.4, 0.5) is 0 Å². The van der Waals surface area contributed by atoms with Crippen LogP contribution in [0.1, 0.15) is 18.6 Å². The van der Waals surface area contributed by atoms with E-state index in [1.807, 2.05) is 0 Å². The monoisotopic (exact) mass is 196 g/mol. The van der Waals surface area contributed by atoms with Crippen molar-refractivity contribution in [3.05, 3.63) is 30.1 Å². The van der Waals surface area contributed by atoms with Gasteiger partial charge in [0, 0.05) is 18.0 Å². The van der Waals surface area contributed by atoms with Gasteiger partial charge in [-0.1, -0.05) is 6.07 Å². The van der Waals surface area contributed by atoms with Gasteiger partial charge >= 0.3 is 5.97 Å². The minimum Gasteiger partial charge on any atom is -0.480 e. The molecule has 1 aromatic rings. The first-order chi connectivity index (χ1) is 6.46. The van der Waals surface area contributed by atoms with Gasteiger partial charge in [0.1, 0.15) is 11.6 Å². The first-order valence-corrected chi connectivity index (χ1v) is 4.06. The number of carboxylic acid groups (broad SMARTS) is 1. The fraction of sp³-hybridized carbons (Fsp3) is 0.333. The highest BCUT2D eigenvalue weighted by Gasteiger charge is 2.37. The van der Waals surface area contributed by atoms with Gasteiger partial charge in [0.25, 0.3) is 0 Å². The molecule has 76 valence electrons. The number of aliphatic hydroxyl groups is 1. The van der Waals surface area contributed by atoms with Crippen LogP contribution in [0.15, 0.2) is 24.5 Å². The normalized spacial score (nSPS) is 17.1. The van der Waals surface area contributed by atoms with Crippen LogP contribution in [0.2, 0.25) is 0 Å². The number of nitrogens with two attached hydrogens (primary N) is 1. The van der Waals surface area contributed by atoms with Gasteiger partial charge in [-0.15, -0.1) is 0 Å². The topological polar surface area (TPSA) is 96.4 Å². The van der Waals surface area contributed by atoms with E-state index >= 15 is 0 Å². The van der Waals surface area contributed by atoms with E-state index in [1.165, 1.54) is 19.3 Å². The zero-order valence-electron chi connectivity index (χ0n) is 7.71. The van der Waals surface area contributed by atoms with Gasteiger partial charge in [-0.05, 0) is 13.0 Å². The Hall–Kier alpha value is -1.46. The Morgan fingerprint density at radius 1 is 1.71 bits per heavy atom. The molecular formula is C9H12N2O3. The maximum atomic E-state index is 10.7. The molecule has 0 aliphatic rings. The second-order valence-electron chi connectivity index (χ2n) is 3.28. The van der Waals surface area contributed by atoms with Gasteiger partial charge in [0.2, 0.25) is 0 Å². The Morgan fingerprint density at radius 2 is 2.36 bits per heavy atom. The van der Waals surface area contributed by atoms with E-state index in [1.54, 1.807) is 12.1 Å². The van der Waals surface area contributed by atoms with Crippen molar-refractivity contribution in [2.24, 2.45) is 5.73 Å². The molecule has 0 saturated carbocycles. The van der Waals surface area contributed by atoms with E-state index in [9.17, 15) is 9.90 Å². The molecule has 1 heterocycles. The zero-order chi connectivity index (χ0) is 10.8. The highest BCUT2D eigenvalue weighted by Crippen LogP contribution is 2.22. The van der Waals surface area contributed by atoms with Crippen molar-refractivity contribution >= 4 is 5.97 Å². The number of nitrogens with zero attached hydrogens (tertiary/aromatic N) is 1. The SMILES string of the molecule is CC(N)(C(=O)O)C(O)c1cccnc1. The molecule has 0 amide bonds. The molecule has 14 heavy (non-hydrogen) atoms. The minimum absolute atomic E-state index is 0.389. The maximum absolute atomic E-state index is 10.7. The quantitative estimate of drug-likeness (QED) is 0.628. The van der Waals surface area contributed by atoms with Crippen molar-refractivity contribution in [3.8, 4) is 0 Å². The molecule has 1 aromatic heterocycles. The van der Waals surface area contributed by atoms with E-state index < -0.39 is 17.6 Å². The number of aliphatic hydroxyl groups excluding tert-OH is 1. The van der Waals surface area contributed by atoms with E-state index in [-0.39, 0.29) is 0 Å².